The molecule has 8 heteroatoms. The van der Waals surface area contributed by atoms with Crippen LogP contribution in [-0.2, 0) is 16.3 Å². The number of aliphatic imine (C=N–C) groups is 1. The summed E-state index contributed by atoms with van der Waals surface area (Å²) < 4.78 is 34.9. The molecule has 1 aromatic rings. The van der Waals surface area contributed by atoms with Crippen LogP contribution in [0.25, 0.3) is 0 Å². The van der Waals surface area contributed by atoms with Crippen molar-refractivity contribution < 1.29 is 17.9 Å². The Morgan fingerprint density at radius 1 is 1.03 bits per heavy atom. The van der Waals surface area contributed by atoms with Gasteiger partial charge in [-0.2, -0.15) is 0 Å². The number of hydrogen-bond acceptors (Lipinski definition) is 5. The van der Waals surface area contributed by atoms with Crippen LogP contribution in [0.4, 0.5) is 0 Å². The summed E-state index contributed by atoms with van der Waals surface area (Å²) in [5.41, 5.74) is 1.12. The Kier molecular flexibility index (Phi) is 10.3. The van der Waals surface area contributed by atoms with Gasteiger partial charge in [-0.05, 0) is 65.7 Å². The van der Waals surface area contributed by atoms with E-state index in [0.717, 1.165) is 23.5 Å². The van der Waals surface area contributed by atoms with Gasteiger partial charge >= 0.3 is 0 Å². The molecule has 0 atom stereocenters. The first-order valence-corrected chi connectivity index (χ1v) is 11.9. The zero-order valence-corrected chi connectivity index (χ0v) is 19.5. The molecule has 0 saturated carbocycles. The van der Waals surface area contributed by atoms with Crippen molar-refractivity contribution in [2.75, 3.05) is 38.6 Å². The van der Waals surface area contributed by atoms with Crippen molar-refractivity contribution in [1.82, 2.24) is 10.6 Å². The number of guanidine groups is 1. The molecule has 0 amide bonds. The zero-order chi connectivity index (χ0) is 21.9. The van der Waals surface area contributed by atoms with Crippen LogP contribution in [0, 0.1) is 0 Å². The molecule has 0 spiro atoms. The maximum absolute atomic E-state index is 12.2. The third-order valence-corrected chi connectivity index (χ3v) is 6.81. The lowest BCUT2D eigenvalue weighted by Crippen LogP contribution is -2.39. The maximum Gasteiger partial charge on any atom is 0.191 e. The van der Waals surface area contributed by atoms with Crippen molar-refractivity contribution in [3.63, 3.8) is 0 Å². The van der Waals surface area contributed by atoms with Crippen molar-refractivity contribution >= 4 is 15.8 Å². The molecule has 0 radical (unpaired) electrons. The van der Waals surface area contributed by atoms with Crippen molar-refractivity contribution in [2.24, 2.45) is 4.99 Å². The first kappa shape index (κ1) is 25.1. The van der Waals surface area contributed by atoms with Gasteiger partial charge in [0, 0.05) is 13.1 Å². The Hall–Kier alpha value is -1.96. The lowest BCUT2D eigenvalue weighted by Gasteiger charge is -2.18. The molecule has 29 heavy (non-hydrogen) atoms. The third kappa shape index (κ3) is 8.51. The number of rotatable bonds is 11. The summed E-state index contributed by atoms with van der Waals surface area (Å²) in [6.45, 7) is 13.8. The molecule has 0 aromatic heterocycles. The van der Waals surface area contributed by atoms with Crippen LogP contribution >= 0.6 is 0 Å². The topological polar surface area (TPSA) is 89.0 Å². The molecule has 2 N–H and O–H groups in total. The fraction of sp³-hybridized carbons (Fsp3) is 0.667. The number of ether oxygens (including phenoxy) is 2. The predicted octanol–water partition coefficient (Wildman–Crippen LogP) is 2.79. The summed E-state index contributed by atoms with van der Waals surface area (Å²) in [4.78, 5) is 4.40. The van der Waals surface area contributed by atoms with E-state index in [1.165, 1.54) is 0 Å². The minimum atomic E-state index is -3.18. The fourth-order valence-electron chi connectivity index (χ4n) is 2.50. The molecule has 0 aliphatic carbocycles. The van der Waals surface area contributed by atoms with Gasteiger partial charge in [-0.1, -0.05) is 6.07 Å². The molecule has 0 aliphatic heterocycles. The van der Waals surface area contributed by atoms with Crippen molar-refractivity contribution in [2.45, 2.75) is 52.7 Å². The second-order valence-electron chi connectivity index (χ2n) is 7.52. The van der Waals surface area contributed by atoms with E-state index < -0.39 is 14.6 Å². The van der Waals surface area contributed by atoms with E-state index in [9.17, 15) is 8.42 Å². The standard InChI is InChI=1S/C21H37N3O4S/c1-7-22-20(24-14-15-29(25,26)21(4,5)6)23-13-12-17-10-11-18(27-8-2)19(16-17)28-9-3/h10-11,16H,7-9,12-15H2,1-6H3,(H2,22,23,24). The second kappa shape index (κ2) is 11.9. The highest BCUT2D eigenvalue weighted by Gasteiger charge is 2.28. The summed E-state index contributed by atoms with van der Waals surface area (Å²) in [6, 6.07) is 5.95. The van der Waals surface area contributed by atoms with Crippen LogP contribution in [0.1, 0.15) is 47.1 Å². The van der Waals surface area contributed by atoms with E-state index in [0.29, 0.717) is 32.3 Å². The molecule has 7 nitrogen and oxygen atoms in total. The molecule has 166 valence electrons. The Balaban J connectivity index is 2.67. The fourth-order valence-corrected chi connectivity index (χ4v) is 3.45. The molecule has 0 heterocycles. The minimum absolute atomic E-state index is 0.0314. The number of nitrogens with one attached hydrogen (secondary N) is 2. The Labute approximate surface area is 176 Å². The average Bonchev–Trinajstić information content (AvgIpc) is 2.63. The molecule has 0 fully saturated rings. The van der Waals surface area contributed by atoms with E-state index >= 15 is 0 Å². The Bertz CT molecular complexity index is 756. The van der Waals surface area contributed by atoms with E-state index in [4.69, 9.17) is 9.47 Å². The van der Waals surface area contributed by atoms with Gasteiger partial charge in [-0.25, -0.2) is 8.42 Å². The van der Waals surface area contributed by atoms with Crippen LogP contribution in [-0.4, -0.2) is 57.7 Å². The molecule has 0 bridgehead atoms. The van der Waals surface area contributed by atoms with Gasteiger partial charge in [-0.3, -0.25) is 4.99 Å². The van der Waals surface area contributed by atoms with Crippen LogP contribution in [0.15, 0.2) is 23.2 Å². The maximum atomic E-state index is 12.2. The molecule has 0 saturated heterocycles. The van der Waals surface area contributed by atoms with Gasteiger partial charge in [-0.15, -0.1) is 0 Å². The van der Waals surface area contributed by atoms with Gasteiger partial charge in [0.05, 0.1) is 30.3 Å². The van der Waals surface area contributed by atoms with Gasteiger partial charge in [0.25, 0.3) is 0 Å². The average molecular weight is 428 g/mol. The highest BCUT2D eigenvalue weighted by atomic mass is 32.2. The quantitative estimate of drug-likeness (QED) is 0.417. The highest BCUT2D eigenvalue weighted by molar-refractivity contribution is 7.92. The van der Waals surface area contributed by atoms with Crippen LogP contribution in [0.3, 0.4) is 0 Å². The lowest BCUT2D eigenvalue weighted by molar-refractivity contribution is 0.287. The van der Waals surface area contributed by atoms with Crippen molar-refractivity contribution in [3.8, 4) is 11.5 Å². The monoisotopic (exact) mass is 427 g/mol. The minimum Gasteiger partial charge on any atom is -0.490 e. The largest absolute Gasteiger partial charge is 0.490 e. The van der Waals surface area contributed by atoms with Gasteiger partial charge in [0.15, 0.2) is 27.3 Å². The summed E-state index contributed by atoms with van der Waals surface area (Å²) >= 11 is 0. The van der Waals surface area contributed by atoms with Crippen LogP contribution in [0.5, 0.6) is 11.5 Å². The Morgan fingerprint density at radius 2 is 1.69 bits per heavy atom. The molecule has 1 rings (SSSR count). The van der Waals surface area contributed by atoms with E-state index in [1.807, 2.05) is 39.0 Å². The summed E-state index contributed by atoms with van der Waals surface area (Å²) in [5.74, 6) is 2.15. The normalized spacial score (nSPS) is 12.6. The van der Waals surface area contributed by atoms with E-state index in [1.54, 1.807) is 20.8 Å². The van der Waals surface area contributed by atoms with E-state index in [-0.39, 0.29) is 12.3 Å². The van der Waals surface area contributed by atoms with E-state index in [2.05, 4.69) is 15.6 Å². The zero-order valence-electron chi connectivity index (χ0n) is 18.7. The summed E-state index contributed by atoms with van der Waals surface area (Å²) in [5, 5.41) is 6.41. The third-order valence-electron chi connectivity index (χ3n) is 4.22. The number of nitrogens with zero attached hydrogens (tertiary/aromatic N) is 1. The molecule has 0 aliphatic rings. The highest BCUT2D eigenvalue weighted by Crippen LogP contribution is 2.28. The molecular weight excluding hydrogens is 390 g/mol. The van der Waals surface area contributed by atoms with Gasteiger partial charge in [0.2, 0.25) is 0 Å². The van der Waals surface area contributed by atoms with Crippen molar-refractivity contribution in [1.29, 1.82) is 0 Å². The molecule has 0 unspecified atom stereocenters. The van der Waals surface area contributed by atoms with Gasteiger partial charge in [0.1, 0.15) is 0 Å². The second-order valence-corrected chi connectivity index (χ2v) is 10.4. The number of hydrogen-bond donors (Lipinski definition) is 2. The summed E-state index contributed by atoms with van der Waals surface area (Å²) in [6.07, 6.45) is 0.775. The summed E-state index contributed by atoms with van der Waals surface area (Å²) in [7, 11) is -3.18. The first-order chi connectivity index (χ1) is 13.6. The number of benzene rings is 1. The van der Waals surface area contributed by atoms with Crippen LogP contribution < -0.4 is 20.1 Å². The molecule has 1 aromatic carbocycles. The Morgan fingerprint density at radius 3 is 2.28 bits per heavy atom. The lowest BCUT2D eigenvalue weighted by atomic mass is 10.1. The number of sulfone groups is 1. The molecular formula is C21H37N3O4S. The predicted molar refractivity (Wildman–Crippen MR) is 120 cm³/mol. The first-order valence-electron chi connectivity index (χ1n) is 10.3. The van der Waals surface area contributed by atoms with Gasteiger partial charge < -0.3 is 20.1 Å². The van der Waals surface area contributed by atoms with Crippen molar-refractivity contribution in [3.05, 3.63) is 23.8 Å². The van der Waals surface area contributed by atoms with Crippen LogP contribution in [0.2, 0.25) is 0 Å². The SMILES string of the molecule is CCNC(=NCCS(=O)(=O)C(C)(C)C)NCCc1ccc(OCC)c(OCC)c1. The smallest absolute Gasteiger partial charge is 0.191 e.